The van der Waals surface area contributed by atoms with Crippen LogP contribution in [0.2, 0.25) is 18.1 Å². The van der Waals surface area contributed by atoms with Crippen molar-refractivity contribution in [3.05, 3.63) is 35.4 Å². The maximum Gasteiger partial charge on any atom is 0.416 e. The number of rotatable bonds is 9. The average Bonchev–Trinajstić information content (AvgIpc) is 2.64. The van der Waals surface area contributed by atoms with Gasteiger partial charge in [-0.2, -0.15) is 13.2 Å². The maximum absolute atomic E-state index is 12.7. The van der Waals surface area contributed by atoms with Gasteiger partial charge in [-0.05, 0) is 55.7 Å². The lowest BCUT2D eigenvalue weighted by atomic mass is 9.95. The molecule has 0 aromatic heterocycles. The number of alkyl halides is 3. The molecule has 31 heavy (non-hydrogen) atoms. The number of nitrogens with one attached hydrogen (secondary N) is 2. The lowest BCUT2D eigenvalue weighted by molar-refractivity contribution is -0.142. The van der Waals surface area contributed by atoms with Crippen LogP contribution in [0.1, 0.15) is 56.5 Å². The van der Waals surface area contributed by atoms with Crippen molar-refractivity contribution in [1.29, 1.82) is 0 Å². The molecule has 2 N–H and O–H groups in total. The van der Waals surface area contributed by atoms with Gasteiger partial charge in [0.15, 0.2) is 8.32 Å². The van der Waals surface area contributed by atoms with Gasteiger partial charge in [0.1, 0.15) is 0 Å². The van der Waals surface area contributed by atoms with Crippen LogP contribution in [0.5, 0.6) is 0 Å². The Hall–Kier alpha value is -1.91. The topological polar surface area (TPSA) is 76.7 Å². The number of benzene rings is 1. The van der Waals surface area contributed by atoms with E-state index in [0.717, 1.165) is 24.3 Å². The van der Waals surface area contributed by atoms with Gasteiger partial charge in [-0.1, -0.05) is 20.8 Å². The summed E-state index contributed by atoms with van der Waals surface area (Å²) in [5.74, 6) is -1.08. The summed E-state index contributed by atoms with van der Waals surface area (Å²) in [6.07, 6.45) is -4.10. The van der Waals surface area contributed by atoms with E-state index in [1.54, 1.807) is 6.92 Å². The molecule has 0 unspecified atom stereocenters. The van der Waals surface area contributed by atoms with Crippen LogP contribution in [0, 0.1) is 0 Å². The van der Waals surface area contributed by atoms with Crippen molar-refractivity contribution < 1.29 is 31.9 Å². The quantitative estimate of drug-likeness (QED) is 0.317. The molecule has 0 radical (unpaired) electrons. The largest absolute Gasteiger partial charge is 0.469 e. The van der Waals surface area contributed by atoms with E-state index in [1.165, 1.54) is 7.11 Å². The lowest BCUT2D eigenvalue weighted by Gasteiger charge is -2.38. The van der Waals surface area contributed by atoms with E-state index < -0.39 is 37.5 Å². The molecule has 1 atom stereocenters. The molecule has 1 aromatic rings. The molecule has 0 heterocycles. The highest BCUT2D eigenvalue weighted by Crippen LogP contribution is 2.37. The molecule has 0 aliphatic rings. The summed E-state index contributed by atoms with van der Waals surface area (Å²) in [5, 5.41) is 0.0238. The molecule has 10 heteroatoms. The van der Waals surface area contributed by atoms with E-state index in [0.29, 0.717) is 13.0 Å². The second kappa shape index (κ2) is 10.1. The number of esters is 1. The fourth-order valence-electron chi connectivity index (χ4n) is 2.42. The molecule has 1 rings (SSSR count). The number of hydrogen-bond donors (Lipinski definition) is 2. The molecule has 0 fully saturated rings. The minimum absolute atomic E-state index is 0.0238. The molecule has 1 amide bonds. The van der Waals surface area contributed by atoms with Crippen LogP contribution in [0.3, 0.4) is 0 Å². The molecule has 0 aliphatic carbocycles. The molecular formula is C21H33F3N2O4Si. The van der Waals surface area contributed by atoms with Gasteiger partial charge in [-0.25, -0.2) is 5.43 Å². The number of amides is 1. The number of halogens is 3. The third-order valence-corrected chi connectivity index (χ3v) is 10.2. The maximum atomic E-state index is 12.7. The summed E-state index contributed by atoms with van der Waals surface area (Å²) in [4.78, 5) is 24.3. The molecule has 176 valence electrons. The zero-order chi connectivity index (χ0) is 24.1. The van der Waals surface area contributed by atoms with Crippen LogP contribution in [0.4, 0.5) is 13.2 Å². The molecule has 0 aliphatic heterocycles. The Morgan fingerprint density at radius 1 is 1.03 bits per heavy atom. The first-order valence-electron chi connectivity index (χ1n) is 9.96. The van der Waals surface area contributed by atoms with Crippen LogP contribution in [-0.2, 0) is 20.1 Å². The minimum Gasteiger partial charge on any atom is -0.469 e. The smallest absolute Gasteiger partial charge is 0.416 e. The molecule has 0 spiro atoms. The van der Waals surface area contributed by atoms with Crippen LogP contribution in [-0.4, -0.2) is 39.4 Å². The summed E-state index contributed by atoms with van der Waals surface area (Å²) >= 11 is 0. The summed E-state index contributed by atoms with van der Waals surface area (Å²) in [5.41, 5.74) is 3.66. The second-order valence-corrected chi connectivity index (χ2v) is 14.1. The fourth-order valence-corrected chi connectivity index (χ4v) is 3.47. The highest BCUT2D eigenvalue weighted by molar-refractivity contribution is 6.74. The lowest BCUT2D eigenvalue weighted by Crippen LogP contribution is -2.54. The van der Waals surface area contributed by atoms with Crippen molar-refractivity contribution >= 4 is 20.2 Å². The Morgan fingerprint density at radius 2 is 1.58 bits per heavy atom. The van der Waals surface area contributed by atoms with Crippen LogP contribution in [0.25, 0.3) is 0 Å². The standard InChI is InChI=1S/C21H33F3N2O4Si/c1-19(2,3)31(6,7)30-13-12-20(4,14-17(27)29-5)26-25-18(28)15-8-10-16(11-9-15)21(22,23)24/h8-11,26H,12-14H2,1-7H3,(H,25,28)/t20-/m0/s1. The first-order chi connectivity index (χ1) is 14.0. The normalized spacial score (nSPS) is 14.6. The number of methoxy groups -OCH3 is 1. The number of hydrazine groups is 1. The van der Waals surface area contributed by atoms with Crippen molar-refractivity contribution in [2.24, 2.45) is 0 Å². The molecule has 1 aromatic carbocycles. The monoisotopic (exact) mass is 462 g/mol. The van der Waals surface area contributed by atoms with E-state index in [-0.39, 0.29) is 17.0 Å². The van der Waals surface area contributed by atoms with Crippen molar-refractivity contribution in [3.63, 3.8) is 0 Å². The van der Waals surface area contributed by atoms with Gasteiger partial charge in [0, 0.05) is 17.7 Å². The van der Waals surface area contributed by atoms with Gasteiger partial charge in [0.2, 0.25) is 0 Å². The third-order valence-electron chi connectivity index (χ3n) is 5.64. The van der Waals surface area contributed by atoms with Gasteiger partial charge in [-0.3, -0.25) is 15.0 Å². The van der Waals surface area contributed by atoms with Gasteiger partial charge < -0.3 is 9.16 Å². The summed E-state index contributed by atoms with van der Waals surface area (Å²) < 4.78 is 49.0. The Balaban J connectivity index is 2.82. The molecule has 0 saturated heterocycles. The molecule has 6 nitrogen and oxygen atoms in total. The van der Waals surface area contributed by atoms with Gasteiger partial charge in [-0.15, -0.1) is 0 Å². The SMILES string of the molecule is COC(=O)C[C@](C)(CCO[Si](C)(C)C(C)(C)C)NNC(=O)c1ccc(C(F)(F)F)cc1. The van der Waals surface area contributed by atoms with Crippen LogP contribution < -0.4 is 10.9 Å². The number of hydrogen-bond acceptors (Lipinski definition) is 5. The van der Waals surface area contributed by atoms with Crippen molar-refractivity contribution in [1.82, 2.24) is 10.9 Å². The zero-order valence-electron chi connectivity index (χ0n) is 19.2. The van der Waals surface area contributed by atoms with Gasteiger partial charge in [0.25, 0.3) is 5.91 Å². The first-order valence-corrected chi connectivity index (χ1v) is 12.9. The van der Waals surface area contributed by atoms with E-state index in [9.17, 15) is 22.8 Å². The number of ether oxygens (including phenoxy) is 1. The minimum atomic E-state index is -4.48. The number of carbonyl (C=O) groups excluding carboxylic acids is 2. The predicted octanol–water partition coefficient (Wildman–Crippen LogP) is 4.67. The highest BCUT2D eigenvalue weighted by atomic mass is 28.4. The summed E-state index contributed by atoms with van der Waals surface area (Å²) in [7, 11) is -0.721. The van der Waals surface area contributed by atoms with Crippen molar-refractivity contribution in [2.45, 2.75) is 70.4 Å². The van der Waals surface area contributed by atoms with E-state index in [4.69, 9.17) is 9.16 Å². The zero-order valence-corrected chi connectivity index (χ0v) is 20.2. The van der Waals surface area contributed by atoms with E-state index in [2.05, 4.69) is 44.7 Å². The van der Waals surface area contributed by atoms with Gasteiger partial charge >= 0.3 is 12.1 Å². The van der Waals surface area contributed by atoms with Gasteiger partial charge in [0.05, 0.1) is 19.1 Å². The Morgan fingerprint density at radius 3 is 2.03 bits per heavy atom. The third kappa shape index (κ3) is 8.27. The van der Waals surface area contributed by atoms with Crippen LogP contribution in [0.15, 0.2) is 24.3 Å². The predicted molar refractivity (Wildman–Crippen MR) is 115 cm³/mol. The second-order valence-electron chi connectivity index (χ2n) is 9.33. The Bertz CT molecular complexity index is 761. The molecule has 0 saturated carbocycles. The average molecular weight is 463 g/mol. The van der Waals surface area contributed by atoms with Crippen molar-refractivity contribution in [2.75, 3.05) is 13.7 Å². The molecule has 0 bridgehead atoms. The summed E-state index contributed by atoms with van der Waals surface area (Å²) in [6, 6.07) is 3.88. The molecular weight excluding hydrogens is 429 g/mol. The first kappa shape index (κ1) is 27.1. The van der Waals surface area contributed by atoms with Crippen molar-refractivity contribution in [3.8, 4) is 0 Å². The number of carbonyl (C=O) groups is 2. The van der Waals surface area contributed by atoms with E-state index in [1.807, 2.05) is 0 Å². The fraction of sp³-hybridized carbons (Fsp3) is 0.619. The van der Waals surface area contributed by atoms with Crippen LogP contribution >= 0.6 is 0 Å². The highest BCUT2D eigenvalue weighted by Gasteiger charge is 2.38. The Kier molecular flexibility index (Phi) is 8.87. The Labute approximate surface area is 183 Å². The summed E-state index contributed by atoms with van der Waals surface area (Å²) in [6.45, 7) is 12.7. The van der Waals surface area contributed by atoms with E-state index >= 15 is 0 Å².